The fourth-order valence-electron chi connectivity index (χ4n) is 5.21. The molecule has 0 aromatic carbocycles. The highest BCUT2D eigenvalue weighted by Gasteiger charge is 2.39. The molecule has 7 heteroatoms. The van der Waals surface area contributed by atoms with E-state index in [0.29, 0.717) is 12.0 Å². The Morgan fingerprint density at radius 3 is 2.79 bits per heavy atom. The van der Waals surface area contributed by atoms with Gasteiger partial charge in [-0.15, -0.1) is 11.3 Å². The molecule has 156 valence electrons. The number of anilines is 1. The van der Waals surface area contributed by atoms with Gasteiger partial charge in [0, 0.05) is 25.6 Å². The molecule has 5 rings (SSSR count). The van der Waals surface area contributed by atoms with Crippen molar-refractivity contribution in [2.75, 3.05) is 31.1 Å². The molecule has 6 nitrogen and oxygen atoms in total. The minimum absolute atomic E-state index is 0.177. The average molecular weight is 415 g/mol. The van der Waals surface area contributed by atoms with Crippen LogP contribution in [0.3, 0.4) is 0 Å². The first kappa shape index (κ1) is 19.2. The van der Waals surface area contributed by atoms with Gasteiger partial charge in [0.25, 0.3) is 0 Å². The number of nitrogens with zero attached hydrogens (tertiary/aromatic N) is 3. The number of carbonyl (C=O) groups excluding carboxylic acids is 1. The van der Waals surface area contributed by atoms with Gasteiger partial charge in [0.2, 0.25) is 5.91 Å². The Morgan fingerprint density at radius 2 is 2.03 bits per heavy atom. The van der Waals surface area contributed by atoms with Crippen LogP contribution in [0.25, 0.3) is 10.2 Å². The Morgan fingerprint density at radius 1 is 1.21 bits per heavy atom. The van der Waals surface area contributed by atoms with E-state index in [2.05, 4.69) is 31.6 Å². The molecule has 0 radical (unpaired) electrons. The molecule has 29 heavy (non-hydrogen) atoms. The van der Waals surface area contributed by atoms with E-state index in [1.54, 1.807) is 17.7 Å². The van der Waals surface area contributed by atoms with Crippen molar-refractivity contribution in [1.82, 2.24) is 15.3 Å². The number of rotatable bonds is 4. The van der Waals surface area contributed by atoms with Gasteiger partial charge in [-0.05, 0) is 55.4 Å². The van der Waals surface area contributed by atoms with Crippen molar-refractivity contribution in [3.05, 3.63) is 17.8 Å². The predicted molar refractivity (Wildman–Crippen MR) is 115 cm³/mol. The minimum Gasteiger partial charge on any atom is -0.376 e. The van der Waals surface area contributed by atoms with Gasteiger partial charge in [-0.2, -0.15) is 0 Å². The van der Waals surface area contributed by atoms with E-state index < -0.39 is 0 Å². The summed E-state index contributed by atoms with van der Waals surface area (Å²) < 4.78 is 7.42. The average Bonchev–Trinajstić information content (AvgIpc) is 3.46. The Bertz CT molecular complexity index is 845. The summed E-state index contributed by atoms with van der Waals surface area (Å²) in [5.41, 5.74) is 1.34. The van der Waals surface area contributed by atoms with Crippen molar-refractivity contribution in [2.45, 2.75) is 57.5 Å². The molecule has 1 amide bonds. The minimum atomic E-state index is 0.177. The second-order valence-corrected chi connectivity index (χ2v) is 9.93. The number of carbonyl (C=O) groups is 1. The van der Waals surface area contributed by atoms with E-state index in [9.17, 15) is 4.79 Å². The first-order valence-electron chi connectivity index (χ1n) is 11.0. The van der Waals surface area contributed by atoms with Crippen molar-refractivity contribution in [3.8, 4) is 0 Å². The second-order valence-electron chi connectivity index (χ2n) is 9.02. The zero-order chi connectivity index (χ0) is 19.7. The van der Waals surface area contributed by atoms with Crippen LogP contribution < -0.4 is 10.2 Å². The number of amides is 1. The van der Waals surface area contributed by atoms with Crippen LogP contribution in [-0.2, 0) is 9.53 Å². The van der Waals surface area contributed by atoms with Crippen LogP contribution >= 0.6 is 11.3 Å². The smallest absolute Gasteiger partial charge is 0.223 e. The maximum atomic E-state index is 12.2. The molecule has 2 saturated heterocycles. The van der Waals surface area contributed by atoms with E-state index in [4.69, 9.17) is 4.74 Å². The lowest BCUT2D eigenvalue weighted by Gasteiger charge is -2.46. The van der Waals surface area contributed by atoms with Crippen LogP contribution in [0.15, 0.2) is 17.8 Å². The van der Waals surface area contributed by atoms with Crippen molar-refractivity contribution >= 4 is 33.3 Å². The summed E-state index contributed by atoms with van der Waals surface area (Å²) in [7, 11) is 0. The van der Waals surface area contributed by atoms with Crippen molar-refractivity contribution in [2.24, 2.45) is 11.3 Å². The summed E-state index contributed by atoms with van der Waals surface area (Å²) in [5.74, 6) is 1.57. The van der Waals surface area contributed by atoms with Crippen LogP contribution in [-0.4, -0.2) is 48.2 Å². The van der Waals surface area contributed by atoms with Gasteiger partial charge in [-0.25, -0.2) is 9.97 Å². The van der Waals surface area contributed by atoms with Crippen molar-refractivity contribution < 1.29 is 9.53 Å². The molecule has 3 fully saturated rings. The maximum Gasteiger partial charge on any atom is 0.223 e. The quantitative estimate of drug-likeness (QED) is 0.825. The summed E-state index contributed by atoms with van der Waals surface area (Å²) in [6.07, 6.45) is 10.9. The van der Waals surface area contributed by atoms with E-state index in [1.807, 2.05) is 0 Å². The van der Waals surface area contributed by atoms with E-state index in [-0.39, 0.29) is 17.9 Å². The molecule has 1 N–H and O–H groups in total. The molecular formula is C22H30N4O2S. The molecule has 1 atom stereocenters. The lowest BCUT2D eigenvalue weighted by atomic mass is 9.73. The van der Waals surface area contributed by atoms with Crippen LogP contribution in [0.5, 0.6) is 0 Å². The summed E-state index contributed by atoms with van der Waals surface area (Å²) in [6, 6.07) is 2.07. The lowest BCUT2D eigenvalue weighted by molar-refractivity contribution is -0.126. The van der Waals surface area contributed by atoms with Crippen molar-refractivity contribution in [3.63, 3.8) is 0 Å². The first-order valence-corrected chi connectivity index (χ1v) is 11.9. The summed E-state index contributed by atoms with van der Waals surface area (Å²) >= 11 is 1.73. The predicted octanol–water partition coefficient (Wildman–Crippen LogP) is 3.76. The zero-order valence-corrected chi connectivity index (χ0v) is 17.8. The number of thiophene rings is 1. The normalized spacial score (nSPS) is 25.0. The molecule has 3 aliphatic rings. The van der Waals surface area contributed by atoms with Crippen LogP contribution in [0, 0.1) is 11.3 Å². The number of aromatic nitrogens is 2. The highest BCUT2D eigenvalue weighted by atomic mass is 32.1. The molecule has 4 heterocycles. The van der Waals surface area contributed by atoms with E-state index in [0.717, 1.165) is 63.1 Å². The molecule has 2 aromatic heterocycles. The molecular weight excluding hydrogens is 384 g/mol. The molecule has 1 aliphatic carbocycles. The highest BCUT2D eigenvalue weighted by molar-refractivity contribution is 7.17. The fraction of sp³-hybridized carbons (Fsp3) is 0.682. The summed E-state index contributed by atoms with van der Waals surface area (Å²) in [5, 5.41) is 5.24. The zero-order valence-electron chi connectivity index (χ0n) is 16.9. The van der Waals surface area contributed by atoms with Gasteiger partial charge in [0.15, 0.2) is 0 Å². The van der Waals surface area contributed by atoms with Crippen LogP contribution in [0.4, 0.5) is 5.82 Å². The highest BCUT2D eigenvalue weighted by Crippen LogP contribution is 2.42. The molecule has 0 bridgehead atoms. The van der Waals surface area contributed by atoms with Gasteiger partial charge in [0.05, 0.1) is 22.9 Å². The molecule has 2 aromatic rings. The third-order valence-corrected chi connectivity index (χ3v) is 8.10. The second kappa shape index (κ2) is 8.19. The van der Waals surface area contributed by atoms with Gasteiger partial charge in [-0.1, -0.05) is 12.8 Å². The molecule has 1 spiro atoms. The van der Waals surface area contributed by atoms with Crippen LogP contribution in [0.2, 0.25) is 0 Å². The summed E-state index contributed by atoms with van der Waals surface area (Å²) in [6.45, 7) is 3.55. The fourth-order valence-corrected chi connectivity index (χ4v) is 6.08. The SMILES string of the molecule is O=C(NCC1CCC2(CCN(c3ncnc4ccsc34)CC2)CO1)C1CCCC1. The van der Waals surface area contributed by atoms with E-state index in [1.165, 1.54) is 24.0 Å². The lowest BCUT2D eigenvalue weighted by Crippen LogP contribution is -2.48. The van der Waals surface area contributed by atoms with Gasteiger partial charge in [0.1, 0.15) is 12.1 Å². The maximum absolute atomic E-state index is 12.2. The van der Waals surface area contributed by atoms with Crippen LogP contribution in [0.1, 0.15) is 51.4 Å². The van der Waals surface area contributed by atoms with Gasteiger partial charge >= 0.3 is 0 Å². The Balaban J connectivity index is 1.12. The summed E-state index contributed by atoms with van der Waals surface area (Å²) in [4.78, 5) is 23.6. The monoisotopic (exact) mass is 414 g/mol. The standard InChI is InChI=1S/C22H30N4O2S/c27-21(16-3-1-2-4-16)23-13-17-5-7-22(14-28-17)8-10-26(11-9-22)20-19-18(6-12-29-19)24-15-25-20/h6,12,15-17H,1-5,7-11,13-14H2,(H,23,27). The van der Waals surface area contributed by atoms with Crippen molar-refractivity contribution in [1.29, 1.82) is 0 Å². The number of hydrogen-bond donors (Lipinski definition) is 1. The third-order valence-electron chi connectivity index (χ3n) is 7.20. The number of nitrogens with one attached hydrogen (secondary N) is 1. The number of ether oxygens (including phenoxy) is 1. The van der Waals surface area contributed by atoms with Gasteiger partial charge in [-0.3, -0.25) is 4.79 Å². The molecule has 1 saturated carbocycles. The van der Waals surface area contributed by atoms with Gasteiger partial charge < -0.3 is 15.0 Å². The Hall–Kier alpha value is -1.73. The molecule has 1 unspecified atom stereocenters. The Kier molecular flexibility index (Phi) is 5.43. The largest absolute Gasteiger partial charge is 0.376 e. The first-order chi connectivity index (χ1) is 14.2. The van der Waals surface area contributed by atoms with E-state index >= 15 is 0 Å². The number of piperidine rings is 1. The third kappa shape index (κ3) is 3.99. The molecule has 2 aliphatic heterocycles. The number of fused-ring (bicyclic) bond motifs is 1. The Labute approximate surface area is 176 Å². The topological polar surface area (TPSA) is 67.4 Å². The number of hydrogen-bond acceptors (Lipinski definition) is 6.